The van der Waals surface area contributed by atoms with Gasteiger partial charge in [-0.05, 0) is 38.7 Å². The number of fused-ring (bicyclic) bond motifs is 1. The first-order chi connectivity index (χ1) is 12.5. The first-order valence-electron chi connectivity index (χ1n) is 8.91. The molecule has 1 aliphatic heterocycles. The molecule has 1 saturated heterocycles. The number of aromatic amines is 1. The molecule has 1 aliphatic carbocycles. The predicted octanol–water partition coefficient (Wildman–Crippen LogP) is 1.61. The molecule has 0 atom stereocenters. The monoisotopic (exact) mass is 356 g/mol. The molecule has 1 fully saturated rings. The standard InChI is InChI=1S/C18H20N4O4/c1-10-9-12(15-13(19-10)3-2-4-14(15)23)17(24)22-7-5-11(6-8-22)16-20-21-18(25)26-16/h9,11H,2-8H2,1H3,(H,21,25). The Morgan fingerprint density at radius 3 is 2.73 bits per heavy atom. The normalized spacial score (nSPS) is 18.0. The van der Waals surface area contributed by atoms with Gasteiger partial charge in [0.25, 0.3) is 5.91 Å². The fourth-order valence-electron chi connectivity index (χ4n) is 3.86. The number of Topliss-reactive ketones (excluding diaryl/α,β-unsaturated/α-hetero) is 1. The van der Waals surface area contributed by atoms with E-state index in [9.17, 15) is 14.4 Å². The number of ketones is 1. The highest BCUT2D eigenvalue weighted by Gasteiger charge is 2.31. The average Bonchev–Trinajstić information content (AvgIpc) is 3.07. The van der Waals surface area contributed by atoms with Crippen LogP contribution in [0.4, 0.5) is 0 Å². The Bertz CT molecular complexity index is 922. The van der Waals surface area contributed by atoms with Crippen LogP contribution in [0.3, 0.4) is 0 Å². The molecule has 0 aromatic carbocycles. The minimum Gasteiger partial charge on any atom is -0.392 e. The summed E-state index contributed by atoms with van der Waals surface area (Å²) in [4.78, 5) is 42.8. The molecule has 0 radical (unpaired) electrons. The number of likely N-dealkylation sites (tertiary alicyclic amines) is 1. The Morgan fingerprint density at radius 2 is 2.04 bits per heavy atom. The molecule has 2 aromatic heterocycles. The first kappa shape index (κ1) is 16.7. The van der Waals surface area contributed by atoms with Crippen LogP contribution in [-0.4, -0.2) is 44.9 Å². The number of piperidine rings is 1. The van der Waals surface area contributed by atoms with Crippen molar-refractivity contribution in [3.05, 3.63) is 45.0 Å². The largest absolute Gasteiger partial charge is 0.434 e. The van der Waals surface area contributed by atoms with Crippen LogP contribution >= 0.6 is 0 Å². The third-order valence-corrected chi connectivity index (χ3v) is 5.14. The van der Waals surface area contributed by atoms with E-state index in [0.717, 1.165) is 24.2 Å². The lowest BCUT2D eigenvalue weighted by Crippen LogP contribution is -2.39. The van der Waals surface area contributed by atoms with Crippen molar-refractivity contribution in [1.82, 2.24) is 20.1 Å². The minimum atomic E-state index is -0.559. The number of aryl methyl sites for hydroxylation is 2. The van der Waals surface area contributed by atoms with Gasteiger partial charge in [0.15, 0.2) is 5.78 Å². The molecule has 4 rings (SSSR count). The minimum absolute atomic E-state index is 0.00952. The number of carbonyl (C=O) groups is 2. The van der Waals surface area contributed by atoms with Crippen molar-refractivity contribution in [1.29, 1.82) is 0 Å². The maximum Gasteiger partial charge on any atom is 0.434 e. The Balaban J connectivity index is 1.55. The second-order valence-electron chi connectivity index (χ2n) is 6.93. The molecular formula is C18H20N4O4. The molecule has 8 heteroatoms. The summed E-state index contributed by atoms with van der Waals surface area (Å²) in [5.74, 6) is -0.253. The number of nitrogens with one attached hydrogen (secondary N) is 1. The first-order valence-corrected chi connectivity index (χ1v) is 8.91. The molecule has 2 aliphatic rings. The summed E-state index contributed by atoms with van der Waals surface area (Å²) in [7, 11) is 0. The molecule has 0 bridgehead atoms. The zero-order valence-corrected chi connectivity index (χ0v) is 14.6. The second-order valence-corrected chi connectivity index (χ2v) is 6.93. The van der Waals surface area contributed by atoms with E-state index in [4.69, 9.17) is 4.42 Å². The van der Waals surface area contributed by atoms with Gasteiger partial charge in [0, 0.05) is 31.1 Å². The summed E-state index contributed by atoms with van der Waals surface area (Å²) in [6.07, 6.45) is 3.33. The third-order valence-electron chi connectivity index (χ3n) is 5.14. The van der Waals surface area contributed by atoms with Crippen LogP contribution in [-0.2, 0) is 6.42 Å². The van der Waals surface area contributed by atoms with Gasteiger partial charge in [-0.2, -0.15) is 0 Å². The highest BCUT2D eigenvalue weighted by atomic mass is 16.4. The fraction of sp³-hybridized carbons (Fsp3) is 0.500. The quantitative estimate of drug-likeness (QED) is 0.875. The molecule has 0 spiro atoms. The van der Waals surface area contributed by atoms with Crippen LogP contribution in [0.25, 0.3) is 0 Å². The zero-order valence-electron chi connectivity index (χ0n) is 14.6. The number of hydrogen-bond acceptors (Lipinski definition) is 6. The molecular weight excluding hydrogens is 336 g/mol. The molecule has 0 unspecified atom stereocenters. The van der Waals surface area contributed by atoms with Crippen molar-refractivity contribution >= 4 is 11.7 Å². The van der Waals surface area contributed by atoms with Crippen LogP contribution in [0.5, 0.6) is 0 Å². The van der Waals surface area contributed by atoms with Crippen LogP contribution in [0.15, 0.2) is 15.3 Å². The summed E-state index contributed by atoms with van der Waals surface area (Å²) in [6.45, 7) is 2.91. The second kappa shape index (κ2) is 6.51. The number of amides is 1. The van der Waals surface area contributed by atoms with E-state index in [-0.39, 0.29) is 17.6 Å². The van der Waals surface area contributed by atoms with E-state index >= 15 is 0 Å². The summed E-state index contributed by atoms with van der Waals surface area (Å²) in [6, 6.07) is 1.73. The zero-order chi connectivity index (χ0) is 18.3. The lowest BCUT2D eigenvalue weighted by atomic mass is 9.89. The van der Waals surface area contributed by atoms with E-state index < -0.39 is 5.76 Å². The van der Waals surface area contributed by atoms with Crippen molar-refractivity contribution in [2.75, 3.05) is 13.1 Å². The smallest absolute Gasteiger partial charge is 0.392 e. The molecule has 1 amide bonds. The Hall–Kier alpha value is -2.77. The van der Waals surface area contributed by atoms with E-state index in [0.29, 0.717) is 49.4 Å². The number of aromatic nitrogens is 3. The Morgan fingerprint density at radius 1 is 1.27 bits per heavy atom. The van der Waals surface area contributed by atoms with Gasteiger partial charge in [-0.1, -0.05) is 0 Å². The van der Waals surface area contributed by atoms with Crippen molar-refractivity contribution in [3.63, 3.8) is 0 Å². The van der Waals surface area contributed by atoms with Crippen LogP contribution in [0.2, 0.25) is 0 Å². The van der Waals surface area contributed by atoms with E-state index in [1.165, 1.54) is 0 Å². The summed E-state index contributed by atoms with van der Waals surface area (Å²) in [5, 5.41) is 6.16. The summed E-state index contributed by atoms with van der Waals surface area (Å²) < 4.78 is 5.03. The van der Waals surface area contributed by atoms with E-state index in [1.54, 1.807) is 11.0 Å². The number of carbonyl (C=O) groups excluding carboxylic acids is 2. The van der Waals surface area contributed by atoms with Crippen LogP contribution in [0, 0.1) is 6.92 Å². The fourth-order valence-corrected chi connectivity index (χ4v) is 3.86. The van der Waals surface area contributed by atoms with Crippen molar-refractivity contribution in [2.24, 2.45) is 0 Å². The molecule has 1 N–H and O–H groups in total. The molecule has 136 valence electrons. The van der Waals surface area contributed by atoms with Crippen molar-refractivity contribution < 1.29 is 14.0 Å². The average molecular weight is 356 g/mol. The Kier molecular flexibility index (Phi) is 4.18. The summed E-state index contributed by atoms with van der Waals surface area (Å²) in [5.41, 5.74) is 2.49. The number of rotatable bonds is 2. The van der Waals surface area contributed by atoms with Gasteiger partial charge in [0.1, 0.15) is 0 Å². The number of pyridine rings is 1. The van der Waals surface area contributed by atoms with Crippen molar-refractivity contribution in [3.8, 4) is 0 Å². The van der Waals surface area contributed by atoms with Gasteiger partial charge in [-0.3, -0.25) is 14.6 Å². The maximum absolute atomic E-state index is 13.1. The SMILES string of the molecule is Cc1cc(C(=O)N2CCC(c3n[nH]c(=O)o3)CC2)c2c(n1)CCCC2=O. The number of hydrogen-bond donors (Lipinski definition) is 1. The van der Waals surface area contributed by atoms with Crippen LogP contribution in [0.1, 0.15) is 69.6 Å². The van der Waals surface area contributed by atoms with Crippen molar-refractivity contribution in [2.45, 2.75) is 44.9 Å². The topological polar surface area (TPSA) is 109 Å². The lowest BCUT2D eigenvalue weighted by Gasteiger charge is -2.31. The Labute approximate surface area is 149 Å². The number of nitrogens with zero attached hydrogens (tertiary/aromatic N) is 3. The molecule has 26 heavy (non-hydrogen) atoms. The highest BCUT2D eigenvalue weighted by Crippen LogP contribution is 2.29. The van der Waals surface area contributed by atoms with E-state index in [1.807, 2.05) is 6.92 Å². The van der Waals surface area contributed by atoms with Crippen LogP contribution < -0.4 is 5.76 Å². The van der Waals surface area contributed by atoms with Gasteiger partial charge in [0.05, 0.1) is 16.8 Å². The van der Waals surface area contributed by atoms with Gasteiger partial charge in [-0.15, -0.1) is 5.10 Å². The van der Waals surface area contributed by atoms with Gasteiger partial charge >= 0.3 is 5.76 Å². The van der Waals surface area contributed by atoms with Gasteiger partial charge < -0.3 is 9.32 Å². The predicted molar refractivity (Wildman–Crippen MR) is 91.2 cm³/mol. The van der Waals surface area contributed by atoms with E-state index in [2.05, 4.69) is 15.2 Å². The van der Waals surface area contributed by atoms with Gasteiger partial charge in [-0.25, -0.2) is 9.89 Å². The van der Waals surface area contributed by atoms with Gasteiger partial charge in [0.2, 0.25) is 5.89 Å². The maximum atomic E-state index is 13.1. The highest BCUT2D eigenvalue weighted by molar-refractivity contribution is 6.09. The molecule has 0 saturated carbocycles. The molecule has 3 heterocycles. The molecule has 2 aromatic rings. The lowest BCUT2D eigenvalue weighted by molar-refractivity contribution is 0.0700. The number of H-pyrrole nitrogens is 1. The summed E-state index contributed by atoms with van der Waals surface area (Å²) >= 11 is 0. The molecule has 8 nitrogen and oxygen atoms in total. The third kappa shape index (κ3) is 2.95.